The van der Waals surface area contributed by atoms with Crippen molar-refractivity contribution in [3.05, 3.63) is 65.5 Å². The summed E-state index contributed by atoms with van der Waals surface area (Å²) in [7, 11) is 0. The molecule has 0 atom stereocenters. The Balaban J connectivity index is 2.01. The number of aromatic nitrogens is 1. The van der Waals surface area contributed by atoms with E-state index in [4.69, 9.17) is 5.73 Å². The molecule has 0 bridgehead atoms. The fraction of sp³-hybridized carbons (Fsp3) is 0.111. The Bertz CT molecular complexity index is 854. The fourth-order valence-electron chi connectivity index (χ4n) is 2.40. The van der Waals surface area contributed by atoms with Crippen molar-refractivity contribution in [1.29, 1.82) is 0 Å². The molecule has 4 nitrogen and oxygen atoms in total. The minimum absolute atomic E-state index is 0.238. The van der Waals surface area contributed by atoms with Crippen LogP contribution in [0, 0.1) is 13.8 Å². The molecule has 3 rings (SSSR count). The molecule has 0 aliphatic rings. The van der Waals surface area contributed by atoms with Crippen LogP contribution in [0.5, 0.6) is 0 Å². The first-order chi connectivity index (χ1) is 10.6. The maximum absolute atomic E-state index is 12.5. The van der Waals surface area contributed by atoms with E-state index in [1.807, 2.05) is 56.3 Å². The number of hydrogen-bond acceptors (Lipinski definition) is 3. The van der Waals surface area contributed by atoms with Crippen LogP contribution in [0.4, 0.5) is 11.4 Å². The maximum Gasteiger partial charge on any atom is 0.274 e. The molecule has 1 aromatic heterocycles. The van der Waals surface area contributed by atoms with Crippen LogP contribution in [0.3, 0.4) is 0 Å². The molecule has 3 aromatic rings. The van der Waals surface area contributed by atoms with E-state index < -0.39 is 0 Å². The van der Waals surface area contributed by atoms with E-state index in [0.29, 0.717) is 11.4 Å². The molecule has 2 aromatic carbocycles. The van der Waals surface area contributed by atoms with Gasteiger partial charge in [-0.15, -0.1) is 0 Å². The second-order valence-corrected chi connectivity index (χ2v) is 5.37. The first kappa shape index (κ1) is 14.1. The van der Waals surface area contributed by atoms with Gasteiger partial charge in [-0.3, -0.25) is 9.78 Å². The maximum atomic E-state index is 12.5. The van der Waals surface area contributed by atoms with Crippen molar-refractivity contribution in [2.24, 2.45) is 0 Å². The zero-order valence-corrected chi connectivity index (χ0v) is 12.6. The van der Waals surface area contributed by atoms with Gasteiger partial charge in [0.25, 0.3) is 5.91 Å². The van der Waals surface area contributed by atoms with E-state index in [9.17, 15) is 4.79 Å². The third-order valence-corrected chi connectivity index (χ3v) is 3.73. The minimum Gasteiger partial charge on any atom is -0.398 e. The molecule has 0 fully saturated rings. The van der Waals surface area contributed by atoms with Gasteiger partial charge in [0.05, 0.1) is 0 Å². The van der Waals surface area contributed by atoms with E-state index in [-0.39, 0.29) is 5.91 Å². The van der Waals surface area contributed by atoms with Gasteiger partial charge in [-0.2, -0.15) is 0 Å². The van der Waals surface area contributed by atoms with Gasteiger partial charge < -0.3 is 11.1 Å². The third-order valence-electron chi connectivity index (χ3n) is 3.73. The standard InChI is InChI=1S/C18H17N3O/c1-11-3-6-13(7-4-11)21-18(22)17-15-8-5-12(2)16(19)14(15)9-10-20-17/h3-10H,19H2,1-2H3,(H,21,22). The van der Waals surface area contributed by atoms with Gasteiger partial charge in [-0.25, -0.2) is 0 Å². The van der Waals surface area contributed by atoms with E-state index in [2.05, 4.69) is 10.3 Å². The average Bonchev–Trinajstić information content (AvgIpc) is 2.52. The van der Waals surface area contributed by atoms with E-state index in [0.717, 1.165) is 27.6 Å². The van der Waals surface area contributed by atoms with Crippen LogP contribution < -0.4 is 11.1 Å². The Morgan fingerprint density at radius 2 is 1.73 bits per heavy atom. The van der Waals surface area contributed by atoms with Gasteiger partial charge in [0.1, 0.15) is 5.69 Å². The van der Waals surface area contributed by atoms with E-state index in [1.165, 1.54) is 0 Å². The molecule has 0 saturated heterocycles. The number of anilines is 2. The van der Waals surface area contributed by atoms with Crippen molar-refractivity contribution < 1.29 is 4.79 Å². The Labute approximate surface area is 129 Å². The summed E-state index contributed by atoms with van der Waals surface area (Å²) in [5.41, 5.74) is 10.0. The molecule has 110 valence electrons. The molecule has 1 amide bonds. The molecule has 1 heterocycles. The van der Waals surface area contributed by atoms with Crippen molar-refractivity contribution in [3.8, 4) is 0 Å². The molecule has 0 unspecified atom stereocenters. The van der Waals surface area contributed by atoms with Crippen LogP contribution in [0.1, 0.15) is 21.6 Å². The van der Waals surface area contributed by atoms with Gasteiger partial charge in [-0.1, -0.05) is 29.8 Å². The lowest BCUT2D eigenvalue weighted by atomic mass is 10.0. The van der Waals surface area contributed by atoms with Crippen molar-refractivity contribution in [3.63, 3.8) is 0 Å². The largest absolute Gasteiger partial charge is 0.398 e. The highest BCUT2D eigenvalue weighted by Gasteiger charge is 2.13. The van der Waals surface area contributed by atoms with Crippen LogP contribution in [0.15, 0.2) is 48.7 Å². The predicted octanol–water partition coefficient (Wildman–Crippen LogP) is 3.69. The highest BCUT2D eigenvalue weighted by atomic mass is 16.1. The molecule has 0 aliphatic heterocycles. The first-order valence-electron chi connectivity index (χ1n) is 7.08. The summed E-state index contributed by atoms with van der Waals surface area (Å²) in [4.78, 5) is 16.7. The lowest BCUT2D eigenvalue weighted by molar-refractivity contribution is 0.102. The molecule has 0 spiro atoms. The molecule has 3 N–H and O–H groups in total. The highest BCUT2D eigenvalue weighted by molar-refractivity contribution is 6.13. The molecule has 0 saturated carbocycles. The van der Waals surface area contributed by atoms with Crippen LogP contribution >= 0.6 is 0 Å². The zero-order chi connectivity index (χ0) is 15.7. The smallest absolute Gasteiger partial charge is 0.274 e. The Hall–Kier alpha value is -2.88. The number of nitrogens with two attached hydrogens (primary N) is 1. The number of carbonyl (C=O) groups is 1. The molecule has 22 heavy (non-hydrogen) atoms. The third kappa shape index (κ3) is 2.51. The zero-order valence-electron chi connectivity index (χ0n) is 12.6. The number of pyridine rings is 1. The monoisotopic (exact) mass is 291 g/mol. The van der Waals surface area contributed by atoms with E-state index in [1.54, 1.807) is 6.20 Å². The van der Waals surface area contributed by atoms with Gasteiger partial charge in [0, 0.05) is 28.3 Å². The molecular weight excluding hydrogens is 274 g/mol. The number of fused-ring (bicyclic) bond motifs is 1. The SMILES string of the molecule is Cc1ccc(NC(=O)c2nccc3c(N)c(C)ccc23)cc1. The Kier molecular flexibility index (Phi) is 3.51. The summed E-state index contributed by atoms with van der Waals surface area (Å²) in [6.45, 7) is 3.95. The van der Waals surface area contributed by atoms with Gasteiger partial charge in [0.2, 0.25) is 0 Å². The molecule has 0 aliphatic carbocycles. The van der Waals surface area contributed by atoms with Gasteiger partial charge in [0.15, 0.2) is 0 Å². The number of rotatable bonds is 2. The number of amides is 1. The van der Waals surface area contributed by atoms with Crippen molar-refractivity contribution >= 4 is 28.1 Å². The molecular formula is C18H17N3O. The number of nitrogen functional groups attached to an aromatic ring is 1. The van der Waals surface area contributed by atoms with Gasteiger partial charge >= 0.3 is 0 Å². The topological polar surface area (TPSA) is 68.0 Å². The predicted molar refractivity (Wildman–Crippen MR) is 90.0 cm³/mol. The summed E-state index contributed by atoms with van der Waals surface area (Å²) in [6, 6.07) is 13.3. The highest BCUT2D eigenvalue weighted by Crippen LogP contribution is 2.26. The van der Waals surface area contributed by atoms with Gasteiger partial charge in [-0.05, 0) is 37.6 Å². The number of nitrogens with zero attached hydrogens (tertiary/aromatic N) is 1. The number of aryl methyl sites for hydroxylation is 2. The number of carbonyl (C=O) groups excluding carboxylic acids is 1. The minimum atomic E-state index is -0.238. The lowest BCUT2D eigenvalue weighted by Gasteiger charge is -2.10. The van der Waals surface area contributed by atoms with Crippen molar-refractivity contribution in [2.75, 3.05) is 11.1 Å². The second kappa shape index (κ2) is 5.48. The fourth-order valence-corrected chi connectivity index (χ4v) is 2.40. The Morgan fingerprint density at radius 3 is 2.45 bits per heavy atom. The second-order valence-electron chi connectivity index (χ2n) is 5.37. The number of hydrogen-bond donors (Lipinski definition) is 2. The van der Waals surface area contributed by atoms with Crippen LogP contribution in [-0.4, -0.2) is 10.9 Å². The lowest BCUT2D eigenvalue weighted by Crippen LogP contribution is -2.14. The Morgan fingerprint density at radius 1 is 1.00 bits per heavy atom. The van der Waals surface area contributed by atoms with Crippen molar-refractivity contribution in [1.82, 2.24) is 4.98 Å². The van der Waals surface area contributed by atoms with Crippen LogP contribution in [0.25, 0.3) is 10.8 Å². The quantitative estimate of drug-likeness (QED) is 0.708. The number of nitrogens with one attached hydrogen (secondary N) is 1. The summed E-state index contributed by atoms with van der Waals surface area (Å²) < 4.78 is 0. The average molecular weight is 291 g/mol. The molecule has 4 heteroatoms. The summed E-state index contributed by atoms with van der Waals surface area (Å²) >= 11 is 0. The summed E-state index contributed by atoms with van der Waals surface area (Å²) in [6.07, 6.45) is 1.61. The normalized spacial score (nSPS) is 10.6. The number of benzene rings is 2. The summed E-state index contributed by atoms with van der Waals surface area (Å²) in [5, 5.41) is 4.48. The molecule has 0 radical (unpaired) electrons. The van der Waals surface area contributed by atoms with Crippen LogP contribution in [-0.2, 0) is 0 Å². The summed E-state index contributed by atoms with van der Waals surface area (Å²) in [5.74, 6) is -0.238. The van der Waals surface area contributed by atoms with Crippen LogP contribution in [0.2, 0.25) is 0 Å². The first-order valence-corrected chi connectivity index (χ1v) is 7.08. The van der Waals surface area contributed by atoms with E-state index >= 15 is 0 Å². The van der Waals surface area contributed by atoms with Crippen molar-refractivity contribution in [2.45, 2.75) is 13.8 Å².